The summed E-state index contributed by atoms with van der Waals surface area (Å²) >= 11 is 0. The Labute approximate surface area is 118 Å². The molecule has 0 aliphatic heterocycles. The molecule has 0 aliphatic carbocycles. The molecule has 0 amide bonds. The van der Waals surface area contributed by atoms with Crippen molar-refractivity contribution in [2.45, 2.75) is 52.4 Å². The van der Waals surface area contributed by atoms with Crippen molar-refractivity contribution in [3.8, 4) is 0 Å². The zero-order chi connectivity index (χ0) is 15.7. The van der Waals surface area contributed by atoms with Crippen molar-refractivity contribution in [3.63, 3.8) is 0 Å². The van der Waals surface area contributed by atoms with E-state index in [1.807, 2.05) is 0 Å². The molecule has 0 rings (SSSR count). The zero-order valence-corrected chi connectivity index (χ0v) is 12.0. The van der Waals surface area contributed by atoms with Crippen molar-refractivity contribution in [1.82, 2.24) is 0 Å². The minimum absolute atomic E-state index is 0.135. The molecule has 0 aromatic carbocycles. The molecule has 3 unspecified atom stereocenters. The third kappa shape index (κ3) is 7.76. The summed E-state index contributed by atoms with van der Waals surface area (Å²) in [6.45, 7) is 3.16. The van der Waals surface area contributed by atoms with Crippen LogP contribution in [0.3, 0.4) is 0 Å². The summed E-state index contributed by atoms with van der Waals surface area (Å²) in [5.74, 6) is -4.44. The zero-order valence-electron chi connectivity index (χ0n) is 12.0. The summed E-state index contributed by atoms with van der Waals surface area (Å²) in [7, 11) is 0. The molecule has 0 saturated carbocycles. The van der Waals surface area contributed by atoms with Crippen LogP contribution in [-0.4, -0.2) is 33.2 Å². The summed E-state index contributed by atoms with van der Waals surface area (Å²) in [5, 5.41) is 26.6. The van der Waals surface area contributed by atoms with Crippen LogP contribution >= 0.6 is 0 Å². The quantitative estimate of drug-likeness (QED) is 0.503. The molecule has 6 nitrogen and oxygen atoms in total. The Morgan fingerprint density at radius 2 is 1.25 bits per heavy atom. The van der Waals surface area contributed by atoms with Crippen LogP contribution in [0.1, 0.15) is 52.4 Å². The minimum atomic E-state index is -0.980. The fourth-order valence-electron chi connectivity index (χ4n) is 2.01. The van der Waals surface area contributed by atoms with Crippen LogP contribution in [0, 0.1) is 17.8 Å². The van der Waals surface area contributed by atoms with E-state index >= 15 is 0 Å². The van der Waals surface area contributed by atoms with Gasteiger partial charge in [0.1, 0.15) is 0 Å². The van der Waals surface area contributed by atoms with Crippen LogP contribution in [0.25, 0.3) is 0 Å². The lowest BCUT2D eigenvalue weighted by Crippen LogP contribution is -2.21. The first-order valence-corrected chi connectivity index (χ1v) is 6.94. The molecule has 0 heterocycles. The number of aliphatic carboxylic acids is 3. The van der Waals surface area contributed by atoms with Gasteiger partial charge in [0.25, 0.3) is 0 Å². The fraction of sp³-hybridized carbons (Fsp3) is 0.786. The standard InChI is InChI=1S/C14H24O6/c1-9(12(15)16)6-4-3-5-7-11(14(19)20)8-10(2)13(17)18/h9-11H,3-8H2,1-2H3,(H,15,16)(H,17,18)(H,19,20). The highest BCUT2D eigenvalue weighted by atomic mass is 16.4. The lowest BCUT2D eigenvalue weighted by Gasteiger charge is -2.14. The molecule has 20 heavy (non-hydrogen) atoms. The van der Waals surface area contributed by atoms with Gasteiger partial charge in [0, 0.05) is 0 Å². The van der Waals surface area contributed by atoms with Crippen LogP contribution in [0.5, 0.6) is 0 Å². The summed E-state index contributed by atoms with van der Waals surface area (Å²) in [4.78, 5) is 32.4. The Morgan fingerprint density at radius 3 is 1.70 bits per heavy atom. The molecule has 6 heteroatoms. The highest BCUT2D eigenvalue weighted by Gasteiger charge is 2.23. The molecule has 0 aliphatic rings. The van der Waals surface area contributed by atoms with Crippen LogP contribution in [0.4, 0.5) is 0 Å². The number of carboxylic acids is 3. The van der Waals surface area contributed by atoms with Gasteiger partial charge in [-0.1, -0.05) is 33.1 Å². The van der Waals surface area contributed by atoms with Gasteiger partial charge in [-0.2, -0.15) is 0 Å². The van der Waals surface area contributed by atoms with Gasteiger partial charge < -0.3 is 15.3 Å². The van der Waals surface area contributed by atoms with Gasteiger partial charge in [-0.05, 0) is 19.3 Å². The molecule has 0 spiro atoms. The van der Waals surface area contributed by atoms with Crippen LogP contribution in [-0.2, 0) is 14.4 Å². The SMILES string of the molecule is CC(CCCCCC(CC(C)C(=O)O)C(=O)O)C(=O)O. The molecule has 0 radical (unpaired) electrons. The monoisotopic (exact) mass is 288 g/mol. The summed E-state index contributed by atoms with van der Waals surface area (Å²) in [5.41, 5.74) is 0. The number of unbranched alkanes of at least 4 members (excludes halogenated alkanes) is 2. The number of carboxylic acid groups (broad SMARTS) is 3. The van der Waals surface area contributed by atoms with Gasteiger partial charge in [0.2, 0.25) is 0 Å². The lowest BCUT2D eigenvalue weighted by atomic mass is 9.91. The Morgan fingerprint density at radius 1 is 0.750 bits per heavy atom. The third-order valence-electron chi connectivity index (χ3n) is 3.52. The Kier molecular flexibility index (Phi) is 8.59. The number of hydrogen-bond donors (Lipinski definition) is 3. The number of rotatable bonds is 11. The van der Waals surface area contributed by atoms with E-state index in [0.717, 1.165) is 12.8 Å². The van der Waals surface area contributed by atoms with Gasteiger partial charge in [-0.3, -0.25) is 14.4 Å². The molecule has 3 N–H and O–H groups in total. The average Bonchev–Trinajstić information content (AvgIpc) is 2.35. The fourth-order valence-corrected chi connectivity index (χ4v) is 2.01. The first-order chi connectivity index (χ1) is 9.25. The van der Waals surface area contributed by atoms with E-state index in [-0.39, 0.29) is 12.3 Å². The first-order valence-electron chi connectivity index (χ1n) is 6.94. The summed E-state index contributed by atoms with van der Waals surface area (Å²) in [6.07, 6.45) is 3.34. The molecule has 0 aromatic rings. The van der Waals surface area contributed by atoms with Crippen molar-refractivity contribution in [1.29, 1.82) is 0 Å². The second-order valence-corrected chi connectivity index (χ2v) is 5.39. The topological polar surface area (TPSA) is 112 Å². The Bertz CT molecular complexity index is 339. The number of carbonyl (C=O) groups is 3. The van der Waals surface area contributed by atoms with Crippen molar-refractivity contribution < 1.29 is 29.7 Å². The maximum absolute atomic E-state index is 11.0. The molecule has 0 bridgehead atoms. The van der Waals surface area contributed by atoms with Gasteiger partial charge in [0.05, 0.1) is 17.8 Å². The second-order valence-electron chi connectivity index (χ2n) is 5.39. The first kappa shape index (κ1) is 18.4. The lowest BCUT2D eigenvalue weighted by molar-refractivity contribution is -0.145. The van der Waals surface area contributed by atoms with Crippen LogP contribution in [0.2, 0.25) is 0 Å². The maximum atomic E-state index is 11.0. The van der Waals surface area contributed by atoms with E-state index in [4.69, 9.17) is 15.3 Å². The van der Waals surface area contributed by atoms with E-state index in [1.54, 1.807) is 6.92 Å². The van der Waals surface area contributed by atoms with Crippen LogP contribution in [0.15, 0.2) is 0 Å². The molecule has 3 atom stereocenters. The smallest absolute Gasteiger partial charge is 0.306 e. The maximum Gasteiger partial charge on any atom is 0.306 e. The van der Waals surface area contributed by atoms with Crippen molar-refractivity contribution in [2.75, 3.05) is 0 Å². The van der Waals surface area contributed by atoms with Gasteiger partial charge in [-0.25, -0.2) is 0 Å². The highest BCUT2D eigenvalue weighted by molar-refractivity contribution is 5.73. The predicted octanol–water partition coefficient (Wildman–Crippen LogP) is 2.47. The minimum Gasteiger partial charge on any atom is -0.481 e. The molecule has 0 aromatic heterocycles. The van der Waals surface area contributed by atoms with Crippen molar-refractivity contribution >= 4 is 17.9 Å². The molecule has 0 fully saturated rings. The van der Waals surface area contributed by atoms with Crippen molar-refractivity contribution in [3.05, 3.63) is 0 Å². The average molecular weight is 288 g/mol. The van der Waals surface area contributed by atoms with E-state index in [9.17, 15) is 14.4 Å². The molecular weight excluding hydrogens is 264 g/mol. The predicted molar refractivity (Wildman–Crippen MR) is 72.4 cm³/mol. The Hall–Kier alpha value is -1.59. The third-order valence-corrected chi connectivity index (χ3v) is 3.52. The molecule has 116 valence electrons. The summed E-state index contributed by atoms with van der Waals surface area (Å²) < 4.78 is 0. The Balaban J connectivity index is 3.96. The number of hydrogen-bond acceptors (Lipinski definition) is 3. The van der Waals surface area contributed by atoms with E-state index < -0.39 is 29.7 Å². The summed E-state index contributed by atoms with van der Waals surface area (Å²) in [6, 6.07) is 0. The normalized spacial score (nSPS) is 15.3. The van der Waals surface area contributed by atoms with Crippen LogP contribution < -0.4 is 0 Å². The van der Waals surface area contributed by atoms with E-state index in [2.05, 4.69) is 0 Å². The van der Waals surface area contributed by atoms with Gasteiger partial charge in [-0.15, -0.1) is 0 Å². The van der Waals surface area contributed by atoms with E-state index in [0.29, 0.717) is 19.3 Å². The van der Waals surface area contributed by atoms with E-state index in [1.165, 1.54) is 6.92 Å². The molecule has 0 saturated heterocycles. The highest BCUT2D eigenvalue weighted by Crippen LogP contribution is 2.20. The molecular formula is C14H24O6. The van der Waals surface area contributed by atoms with Crippen molar-refractivity contribution in [2.24, 2.45) is 17.8 Å². The van der Waals surface area contributed by atoms with Gasteiger partial charge >= 0.3 is 17.9 Å². The van der Waals surface area contributed by atoms with Gasteiger partial charge in [0.15, 0.2) is 0 Å². The second kappa shape index (κ2) is 9.34. The largest absolute Gasteiger partial charge is 0.481 e.